The van der Waals surface area contributed by atoms with Gasteiger partial charge in [0.05, 0.1) is 13.7 Å². The van der Waals surface area contributed by atoms with Gasteiger partial charge in [0.25, 0.3) is 0 Å². The molecule has 0 aliphatic carbocycles. The maximum Gasteiger partial charge on any atom is 0.337 e. The molecule has 4 atom stereocenters. The lowest BCUT2D eigenvalue weighted by Gasteiger charge is -2.24. The monoisotopic (exact) mass is 314 g/mol. The summed E-state index contributed by atoms with van der Waals surface area (Å²) in [6, 6.07) is 5.55. The van der Waals surface area contributed by atoms with Crippen LogP contribution in [0.4, 0.5) is 0 Å². The summed E-state index contributed by atoms with van der Waals surface area (Å²) in [7, 11) is 0.967. The fourth-order valence-electron chi connectivity index (χ4n) is 1.73. The molecule has 0 unspecified atom stereocenters. The third kappa shape index (κ3) is 4.09. The van der Waals surface area contributed by atoms with Gasteiger partial charge in [0.2, 0.25) is 0 Å². The van der Waals surface area contributed by atoms with Crippen molar-refractivity contribution >= 4 is 11.8 Å². The second-order valence-electron chi connectivity index (χ2n) is 4.61. The number of esters is 1. The van der Waals surface area contributed by atoms with Crippen LogP contribution in [0.15, 0.2) is 24.3 Å². The van der Waals surface area contributed by atoms with E-state index in [1.54, 1.807) is 0 Å². The SMILES string of the molecule is COC(=O)[C@@H](O)[C@@H](O)[C@H](O)[C@@H](O)C(=O)c1ccc(CO)cc1. The van der Waals surface area contributed by atoms with Gasteiger partial charge < -0.3 is 30.3 Å². The highest BCUT2D eigenvalue weighted by Crippen LogP contribution is 2.13. The highest BCUT2D eigenvalue weighted by molar-refractivity contribution is 5.99. The van der Waals surface area contributed by atoms with Crippen LogP contribution in [0.3, 0.4) is 0 Å². The van der Waals surface area contributed by atoms with Gasteiger partial charge in [-0.2, -0.15) is 0 Å². The molecular weight excluding hydrogens is 296 g/mol. The number of hydrogen-bond acceptors (Lipinski definition) is 8. The average Bonchev–Trinajstić information content (AvgIpc) is 2.57. The zero-order valence-corrected chi connectivity index (χ0v) is 11.8. The van der Waals surface area contributed by atoms with E-state index in [4.69, 9.17) is 5.11 Å². The summed E-state index contributed by atoms with van der Waals surface area (Å²) < 4.78 is 4.18. The topological polar surface area (TPSA) is 145 Å². The van der Waals surface area contributed by atoms with Crippen molar-refractivity contribution in [1.29, 1.82) is 0 Å². The smallest absolute Gasteiger partial charge is 0.337 e. The molecule has 5 N–H and O–H groups in total. The van der Waals surface area contributed by atoms with Crippen molar-refractivity contribution in [2.75, 3.05) is 7.11 Å². The summed E-state index contributed by atoms with van der Waals surface area (Å²) in [6.07, 6.45) is -8.32. The van der Waals surface area contributed by atoms with Gasteiger partial charge in [-0.15, -0.1) is 0 Å². The van der Waals surface area contributed by atoms with Gasteiger partial charge in [0, 0.05) is 5.56 Å². The Morgan fingerprint density at radius 1 is 1.00 bits per heavy atom. The highest BCUT2D eigenvalue weighted by atomic mass is 16.5. The van der Waals surface area contributed by atoms with Crippen molar-refractivity contribution in [1.82, 2.24) is 0 Å². The molecule has 0 bridgehead atoms. The van der Waals surface area contributed by atoms with Crippen LogP contribution in [0.2, 0.25) is 0 Å². The van der Waals surface area contributed by atoms with Crippen molar-refractivity contribution in [2.24, 2.45) is 0 Å². The van der Waals surface area contributed by atoms with Crippen LogP contribution in [0.5, 0.6) is 0 Å². The number of hydrogen-bond donors (Lipinski definition) is 5. The first-order chi connectivity index (χ1) is 10.3. The van der Waals surface area contributed by atoms with Gasteiger partial charge in [-0.05, 0) is 5.56 Å². The van der Waals surface area contributed by atoms with Crippen LogP contribution in [-0.4, -0.2) is 68.8 Å². The first-order valence-corrected chi connectivity index (χ1v) is 6.37. The molecule has 0 radical (unpaired) electrons. The van der Waals surface area contributed by atoms with Crippen molar-refractivity contribution in [3.63, 3.8) is 0 Å². The van der Waals surface area contributed by atoms with Crippen LogP contribution in [0, 0.1) is 0 Å². The fourth-order valence-corrected chi connectivity index (χ4v) is 1.73. The molecule has 0 aliphatic heterocycles. The van der Waals surface area contributed by atoms with Crippen LogP contribution < -0.4 is 0 Å². The minimum absolute atomic E-state index is 0.0310. The van der Waals surface area contributed by atoms with E-state index >= 15 is 0 Å². The molecule has 8 heteroatoms. The van der Waals surface area contributed by atoms with Crippen molar-refractivity contribution in [3.05, 3.63) is 35.4 Å². The molecule has 0 saturated carbocycles. The lowest BCUT2D eigenvalue weighted by Crippen LogP contribution is -2.50. The molecule has 1 aromatic rings. The Balaban J connectivity index is 2.82. The summed E-state index contributed by atoms with van der Waals surface area (Å²) in [5.41, 5.74) is 0.580. The number of rotatable bonds is 7. The molecule has 122 valence electrons. The average molecular weight is 314 g/mol. The van der Waals surface area contributed by atoms with Gasteiger partial charge in [-0.1, -0.05) is 24.3 Å². The summed E-state index contributed by atoms with van der Waals surface area (Å²) >= 11 is 0. The number of aliphatic hydroxyl groups excluding tert-OH is 5. The van der Waals surface area contributed by atoms with Crippen LogP contribution in [-0.2, 0) is 16.1 Å². The zero-order valence-electron chi connectivity index (χ0n) is 11.8. The summed E-state index contributed by atoms with van der Waals surface area (Å²) in [4.78, 5) is 23.0. The molecule has 0 heterocycles. The number of benzene rings is 1. The first-order valence-electron chi connectivity index (χ1n) is 6.37. The zero-order chi connectivity index (χ0) is 16.9. The Kier molecular flexibility index (Phi) is 6.60. The second kappa shape index (κ2) is 7.97. The van der Waals surface area contributed by atoms with Gasteiger partial charge >= 0.3 is 5.97 Å². The summed E-state index contributed by atoms with van der Waals surface area (Å²) in [5, 5.41) is 47.3. The Morgan fingerprint density at radius 2 is 1.50 bits per heavy atom. The standard InChI is InChI=1S/C14H18O8/c1-22-14(21)13(20)12(19)11(18)10(17)9(16)8-4-2-7(6-15)3-5-8/h2-5,10-13,15,17-20H,6H2,1H3/t10-,11+,12-,13-/m0/s1. The minimum atomic E-state index is -2.10. The largest absolute Gasteiger partial charge is 0.467 e. The maximum atomic E-state index is 12.0. The molecule has 0 aliphatic rings. The number of carbonyl (C=O) groups excluding carboxylic acids is 2. The lowest BCUT2D eigenvalue weighted by molar-refractivity contribution is -0.164. The third-order valence-corrected chi connectivity index (χ3v) is 3.13. The molecule has 1 rings (SSSR count). The Bertz CT molecular complexity index is 512. The number of Topliss-reactive ketones (excluding diaryl/α,β-unsaturated/α-hetero) is 1. The van der Waals surface area contributed by atoms with Crippen molar-refractivity contribution in [3.8, 4) is 0 Å². The maximum absolute atomic E-state index is 12.0. The van der Waals surface area contributed by atoms with E-state index in [9.17, 15) is 30.0 Å². The van der Waals surface area contributed by atoms with E-state index in [0.717, 1.165) is 7.11 Å². The second-order valence-corrected chi connectivity index (χ2v) is 4.61. The lowest BCUT2D eigenvalue weighted by atomic mass is 9.96. The summed E-state index contributed by atoms with van der Waals surface area (Å²) in [6.45, 7) is -0.219. The number of carbonyl (C=O) groups is 2. The third-order valence-electron chi connectivity index (χ3n) is 3.13. The molecular formula is C14H18O8. The van der Waals surface area contributed by atoms with Crippen LogP contribution in [0.1, 0.15) is 15.9 Å². The molecule has 22 heavy (non-hydrogen) atoms. The minimum Gasteiger partial charge on any atom is -0.467 e. The molecule has 1 aromatic carbocycles. The number of ketones is 1. The number of methoxy groups -OCH3 is 1. The van der Waals surface area contributed by atoms with E-state index in [2.05, 4.69) is 4.74 Å². The Labute approximate surface area is 126 Å². The normalized spacial score (nSPS) is 16.5. The van der Waals surface area contributed by atoms with Crippen molar-refractivity contribution < 1.29 is 39.9 Å². The molecule has 0 fully saturated rings. The van der Waals surface area contributed by atoms with Gasteiger partial charge in [-0.3, -0.25) is 4.79 Å². The van der Waals surface area contributed by atoms with Crippen LogP contribution in [0.25, 0.3) is 0 Å². The Morgan fingerprint density at radius 3 is 1.95 bits per heavy atom. The molecule has 0 amide bonds. The van der Waals surface area contributed by atoms with E-state index < -0.39 is 36.2 Å². The van der Waals surface area contributed by atoms with Gasteiger partial charge in [-0.25, -0.2) is 4.79 Å². The molecule has 0 saturated heterocycles. The molecule has 0 spiro atoms. The van der Waals surface area contributed by atoms with E-state index in [1.807, 2.05) is 0 Å². The molecule has 0 aromatic heterocycles. The summed E-state index contributed by atoms with van der Waals surface area (Å²) in [5.74, 6) is -2.12. The predicted molar refractivity (Wildman–Crippen MR) is 72.7 cm³/mol. The number of ether oxygens (including phenoxy) is 1. The Hall–Kier alpha value is -1.84. The van der Waals surface area contributed by atoms with E-state index in [1.165, 1.54) is 24.3 Å². The van der Waals surface area contributed by atoms with Gasteiger partial charge in [0.15, 0.2) is 11.9 Å². The highest BCUT2D eigenvalue weighted by Gasteiger charge is 2.38. The van der Waals surface area contributed by atoms with E-state index in [-0.39, 0.29) is 12.2 Å². The van der Waals surface area contributed by atoms with E-state index in [0.29, 0.717) is 5.56 Å². The molecule has 8 nitrogen and oxygen atoms in total. The first kappa shape index (κ1) is 18.2. The fraction of sp³-hybridized carbons (Fsp3) is 0.429. The number of aliphatic hydroxyl groups is 5. The van der Waals surface area contributed by atoms with Crippen LogP contribution >= 0.6 is 0 Å². The van der Waals surface area contributed by atoms with Crippen molar-refractivity contribution in [2.45, 2.75) is 31.0 Å². The quantitative estimate of drug-likeness (QED) is 0.286. The predicted octanol–water partition coefficient (Wildman–Crippen LogP) is -2.02. The van der Waals surface area contributed by atoms with Gasteiger partial charge in [0.1, 0.15) is 18.3 Å².